The first-order valence-corrected chi connectivity index (χ1v) is 12.0. The summed E-state index contributed by atoms with van der Waals surface area (Å²) in [5.74, 6) is 0.0507. The van der Waals surface area contributed by atoms with Crippen molar-refractivity contribution in [3.8, 4) is 11.3 Å². The fraction of sp³-hybridized carbons (Fsp3) is 0. The van der Waals surface area contributed by atoms with Crippen molar-refractivity contribution < 1.29 is 8.42 Å². The Kier molecular flexibility index (Phi) is 5.56. The van der Waals surface area contributed by atoms with Crippen LogP contribution in [0.3, 0.4) is 0 Å². The van der Waals surface area contributed by atoms with Crippen LogP contribution in [0.15, 0.2) is 111 Å². The lowest BCUT2D eigenvalue weighted by Crippen LogP contribution is -2.09. The van der Waals surface area contributed by atoms with Crippen molar-refractivity contribution in [2.24, 2.45) is 10.2 Å². The van der Waals surface area contributed by atoms with Crippen LogP contribution in [0, 0.1) is 0 Å². The highest BCUT2D eigenvalue weighted by atomic mass is 35.5. The molecule has 0 amide bonds. The average molecular weight is 489 g/mol. The largest absolute Gasteiger partial charge is 0.380 e. The number of nitrogens with zero attached hydrogens (tertiary/aromatic N) is 5. The number of fused-ring (bicyclic) bond motifs is 1. The molecule has 168 valence electrons. The van der Waals surface area contributed by atoms with Gasteiger partial charge >= 0.3 is 0 Å². The molecule has 0 spiro atoms. The van der Waals surface area contributed by atoms with Gasteiger partial charge in [0.05, 0.1) is 21.8 Å². The van der Waals surface area contributed by atoms with Crippen molar-refractivity contribution in [1.82, 2.24) is 14.6 Å². The van der Waals surface area contributed by atoms with Crippen molar-refractivity contribution in [1.29, 1.82) is 0 Å². The Labute approximate surface area is 200 Å². The smallest absolute Gasteiger partial charge is 0.210 e. The number of halogens is 1. The van der Waals surface area contributed by atoms with Gasteiger partial charge in [-0.2, -0.15) is 0 Å². The fourth-order valence-electron chi connectivity index (χ4n) is 3.49. The first-order chi connectivity index (χ1) is 16.5. The van der Waals surface area contributed by atoms with E-state index in [1.165, 1.54) is 22.8 Å². The van der Waals surface area contributed by atoms with Gasteiger partial charge in [0.1, 0.15) is 10.6 Å². The second-order valence-corrected chi connectivity index (χ2v) is 9.60. The van der Waals surface area contributed by atoms with Crippen molar-refractivity contribution in [2.45, 2.75) is 9.79 Å². The molecule has 0 atom stereocenters. The van der Waals surface area contributed by atoms with Crippen LogP contribution in [0.25, 0.3) is 16.9 Å². The van der Waals surface area contributed by atoms with Crippen LogP contribution in [-0.2, 0) is 9.84 Å². The van der Waals surface area contributed by atoms with Gasteiger partial charge < -0.3 is 5.73 Å². The van der Waals surface area contributed by atoms with Crippen LogP contribution in [0.5, 0.6) is 0 Å². The topological polar surface area (TPSA) is 115 Å². The maximum Gasteiger partial charge on any atom is 0.210 e. The number of anilines is 1. The first kappa shape index (κ1) is 21.7. The summed E-state index contributed by atoms with van der Waals surface area (Å²) in [7, 11) is -3.91. The predicted molar refractivity (Wildman–Crippen MR) is 130 cm³/mol. The molecule has 0 unspecified atom stereocenters. The summed E-state index contributed by atoms with van der Waals surface area (Å²) in [6.07, 6.45) is 1.30. The molecule has 34 heavy (non-hydrogen) atoms. The standard InChI is InChI=1S/C24H17ClN6O2S/c25-18-13-7-8-14-19(18)28-29-21-23(26)30-31-22(16-9-3-1-4-10-16)20(15-27-24(21)31)34(32,33)17-11-5-2-6-12-17/h1-15H,(H2,26,30). The molecule has 0 aliphatic carbocycles. The highest BCUT2D eigenvalue weighted by Gasteiger charge is 2.27. The van der Waals surface area contributed by atoms with Crippen LogP contribution in [0.1, 0.15) is 0 Å². The minimum Gasteiger partial charge on any atom is -0.380 e. The lowest BCUT2D eigenvalue weighted by molar-refractivity contribution is 0.595. The third-order valence-electron chi connectivity index (χ3n) is 5.11. The quantitative estimate of drug-likeness (QED) is 0.310. The molecule has 0 saturated heterocycles. The molecule has 0 bridgehead atoms. The molecule has 2 heterocycles. The predicted octanol–water partition coefficient (Wildman–Crippen LogP) is 5.88. The molecule has 2 aromatic heterocycles. The molecule has 0 saturated carbocycles. The lowest BCUT2D eigenvalue weighted by atomic mass is 10.1. The van der Waals surface area contributed by atoms with E-state index in [4.69, 9.17) is 17.3 Å². The second-order valence-electron chi connectivity index (χ2n) is 7.27. The second kappa shape index (κ2) is 8.69. The van der Waals surface area contributed by atoms with Gasteiger partial charge in [-0.3, -0.25) is 0 Å². The molecule has 0 aliphatic rings. The molecule has 5 rings (SSSR count). The van der Waals surface area contributed by atoms with Gasteiger partial charge in [0.15, 0.2) is 17.2 Å². The van der Waals surface area contributed by atoms with Gasteiger partial charge in [0.2, 0.25) is 9.84 Å². The summed E-state index contributed by atoms with van der Waals surface area (Å²) in [6, 6.07) is 24.2. The third-order valence-corrected chi connectivity index (χ3v) is 7.20. The van der Waals surface area contributed by atoms with E-state index in [2.05, 4.69) is 20.3 Å². The summed E-state index contributed by atoms with van der Waals surface area (Å²) in [6.45, 7) is 0. The number of nitrogen functional groups attached to an aromatic ring is 1. The Morgan fingerprint density at radius 3 is 2.21 bits per heavy atom. The maximum absolute atomic E-state index is 13.5. The maximum atomic E-state index is 13.5. The van der Waals surface area contributed by atoms with Crippen molar-refractivity contribution in [3.05, 3.63) is 96.1 Å². The van der Waals surface area contributed by atoms with Crippen molar-refractivity contribution in [3.63, 3.8) is 0 Å². The number of nitrogens with two attached hydrogens (primary N) is 1. The number of rotatable bonds is 5. The van der Waals surface area contributed by atoms with E-state index in [0.717, 1.165) is 0 Å². The molecule has 0 aliphatic heterocycles. The Hall–Kier alpha value is -4.08. The van der Waals surface area contributed by atoms with Crippen LogP contribution in [-0.4, -0.2) is 23.0 Å². The van der Waals surface area contributed by atoms with Gasteiger partial charge in [-0.05, 0) is 24.3 Å². The van der Waals surface area contributed by atoms with Crippen molar-refractivity contribution >= 4 is 44.3 Å². The molecule has 5 aromatic rings. The van der Waals surface area contributed by atoms with Crippen molar-refractivity contribution in [2.75, 3.05) is 5.73 Å². The Morgan fingerprint density at radius 1 is 0.853 bits per heavy atom. The van der Waals surface area contributed by atoms with Gasteiger partial charge in [-0.1, -0.05) is 72.3 Å². The van der Waals surface area contributed by atoms with E-state index in [1.54, 1.807) is 54.6 Å². The Bertz CT molecular complexity index is 1630. The van der Waals surface area contributed by atoms with Crippen LogP contribution < -0.4 is 5.73 Å². The number of azo groups is 1. The monoisotopic (exact) mass is 488 g/mol. The van der Waals surface area contributed by atoms with E-state index in [0.29, 0.717) is 22.0 Å². The number of sulfone groups is 1. The highest BCUT2D eigenvalue weighted by molar-refractivity contribution is 7.91. The van der Waals surface area contributed by atoms with E-state index in [-0.39, 0.29) is 26.9 Å². The summed E-state index contributed by atoms with van der Waals surface area (Å²) in [5.41, 5.74) is 8.04. The Morgan fingerprint density at radius 2 is 1.50 bits per heavy atom. The zero-order valence-corrected chi connectivity index (χ0v) is 19.1. The minimum atomic E-state index is -3.91. The lowest BCUT2D eigenvalue weighted by Gasteiger charge is -2.12. The number of hydrogen-bond donors (Lipinski definition) is 1. The summed E-state index contributed by atoms with van der Waals surface area (Å²) in [4.78, 5) is 4.51. The van der Waals surface area contributed by atoms with Crippen LogP contribution in [0.4, 0.5) is 17.2 Å². The van der Waals surface area contributed by atoms with Crippen LogP contribution >= 0.6 is 11.6 Å². The van der Waals surface area contributed by atoms with Crippen LogP contribution in [0.2, 0.25) is 5.02 Å². The number of aromatic nitrogens is 3. The molecule has 10 heteroatoms. The molecule has 0 radical (unpaired) electrons. The summed E-state index contributed by atoms with van der Waals surface area (Å²) in [5, 5.41) is 13.2. The van der Waals surface area contributed by atoms with E-state index in [1.807, 2.05) is 18.2 Å². The molecule has 2 N–H and O–H groups in total. The first-order valence-electron chi connectivity index (χ1n) is 10.2. The normalized spacial score (nSPS) is 11.9. The number of hydrogen-bond acceptors (Lipinski definition) is 7. The minimum absolute atomic E-state index is 0.00510. The highest BCUT2D eigenvalue weighted by Crippen LogP contribution is 2.36. The average Bonchev–Trinajstić information content (AvgIpc) is 3.19. The molecule has 8 nitrogen and oxygen atoms in total. The van der Waals surface area contributed by atoms with Gasteiger partial charge in [-0.25, -0.2) is 17.9 Å². The van der Waals surface area contributed by atoms with E-state index < -0.39 is 9.84 Å². The summed E-state index contributed by atoms with van der Waals surface area (Å²) >= 11 is 6.17. The molecular weight excluding hydrogens is 472 g/mol. The Balaban J connectivity index is 1.76. The number of benzene rings is 3. The summed E-state index contributed by atoms with van der Waals surface area (Å²) < 4.78 is 28.5. The zero-order valence-electron chi connectivity index (χ0n) is 17.6. The van der Waals surface area contributed by atoms with Gasteiger partial charge in [0.25, 0.3) is 0 Å². The molecule has 0 fully saturated rings. The zero-order chi connectivity index (χ0) is 23.7. The van der Waals surface area contributed by atoms with E-state index >= 15 is 0 Å². The van der Waals surface area contributed by atoms with E-state index in [9.17, 15) is 8.42 Å². The van der Waals surface area contributed by atoms with Gasteiger partial charge in [0, 0.05) is 5.56 Å². The van der Waals surface area contributed by atoms with Gasteiger partial charge in [-0.15, -0.1) is 15.3 Å². The third kappa shape index (κ3) is 3.81. The SMILES string of the molecule is Nc1nn2c(-c3ccccc3)c(S(=O)(=O)c3ccccc3)cnc2c1N=Nc1ccccc1Cl. The molecular formula is C24H17ClN6O2S. The molecule has 3 aromatic carbocycles. The fourth-order valence-corrected chi connectivity index (χ4v) is 5.08.